The minimum Gasteiger partial charge on any atom is -0.508 e. The minimum atomic E-state index is 0.482. The Labute approximate surface area is 91.3 Å². The molecule has 1 atom stereocenters. The molecule has 1 aromatic carbocycles. The van der Waals surface area contributed by atoms with Gasteiger partial charge in [-0.1, -0.05) is 19.1 Å². The molecule has 0 fully saturated rings. The summed E-state index contributed by atoms with van der Waals surface area (Å²) >= 11 is 0. The highest BCUT2D eigenvalue weighted by molar-refractivity contribution is 5.43. The van der Waals surface area contributed by atoms with Crippen LogP contribution in [0.1, 0.15) is 36.8 Å². The van der Waals surface area contributed by atoms with Gasteiger partial charge in [0, 0.05) is 18.0 Å². The lowest BCUT2D eigenvalue weighted by molar-refractivity contribution is 0.438. The summed E-state index contributed by atoms with van der Waals surface area (Å²) in [7, 11) is 0. The van der Waals surface area contributed by atoms with Crippen LogP contribution in [0.3, 0.4) is 0 Å². The molecule has 2 heteroatoms. The monoisotopic (exact) mass is 205 g/mol. The number of aromatic hydroxyl groups is 1. The van der Waals surface area contributed by atoms with Gasteiger partial charge in [-0.3, -0.25) is 0 Å². The maximum atomic E-state index is 9.90. The van der Waals surface area contributed by atoms with Gasteiger partial charge in [-0.05, 0) is 37.4 Å². The molecule has 0 bridgehead atoms. The number of phenols is 1. The number of rotatable bonds is 3. The Bertz CT molecular complexity index is 335. The van der Waals surface area contributed by atoms with Crippen molar-refractivity contribution in [1.29, 1.82) is 0 Å². The van der Waals surface area contributed by atoms with E-state index in [2.05, 4.69) is 18.3 Å². The molecule has 2 nitrogen and oxygen atoms in total. The number of aryl methyl sites for hydroxylation is 1. The lowest BCUT2D eigenvalue weighted by Crippen LogP contribution is -2.24. The summed E-state index contributed by atoms with van der Waals surface area (Å²) in [6, 6.07) is 5.90. The van der Waals surface area contributed by atoms with Gasteiger partial charge >= 0.3 is 0 Å². The molecule has 1 aliphatic rings. The lowest BCUT2D eigenvalue weighted by Gasteiger charge is -2.26. The molecule has 0 heterocycles. The molecule has 0 aromatic heterocycles. The normalized spacial score (nSPS) is 19.9. The largest absolute Gasteiger partial charge is 0.508 e. The zero-order valence-electron chi connectivity index (χ0n) is 9.29. The number of nitrogens with one attached hydrogen (secondary N) is 1. The van der Waals surface area contributed by atoms with Crippen molar-refractivity contribution in [2.24, 2.45) is 0 Å². The van der Waals surface area contributed by atoms with Crippen LogP contribution in [0.4, 0.5) is 0 Å². The Kier molecular flexibility index (Phi) is 3.27. The smallest absolute Gasteiger partial charge is 0.119 e. The Morgan fingerprint density at radius 2 is 2.33 bits per heavy atom. The molecule has 2 N–H and O–H groups in total. The third-order valence-electron chi connectivity index (χ3n) is 3.22. The van der Waals surface area contributed by atoms with Gasteiger partial charge < -0.3 is 10.4 Å². The van der Waals surface area contributed by atoms with Crippen molar-refractivity contribution >= 4 is 0 Å². The second kappa shape index (κ2) is 4.67. The maximum absolute atomic E-state index is 9.90. The van der Waals surface area contributed by atoms with Crippen LogP contribution >= 0.6 is 0 Å². The first-order valence-corrected chi connectivity index (χ1v) is 5.84. The molecule has 0 spiro atoms. The molecule has 1 unspecified atom stereocenters. The summed E-state index contributed by atoms with van der Waals surface area (Å²) in [4.78, 5) is 0. The average Bonchev–Trinajstić information content (AvgIpc) is 2.26. The zero-order chi connectivity index (χ0) is 10.7. The van der Waals surface area contributed by atoms with Gasteiger partial charge in [0.15, 0.2) is 0 Å². The van der Waals surface area contributed by atoms with Crippen molar-refractivity contribution in [2.75, 3.05) is 13.1 Å². The number of likely N-dealkylation sites (N-methyl/N-ethyl adjacent to an activating group) is 1. The average molecular weight is 205 g/mol. The van der Waals surface area contributed by atoms with Crippen molar-refractivity contribution in [3.05, 3.63) is 29.3 Å². The number of benzene rings is 1. The van der Waals surface area contributed by atoms with E-state index in [0.717, 1.165) is 19.5 Å². The number of phenolic OH excluding ortho intramolecular Hbond substituents is 1. The summed E-state index contributed by atoms with van der Waals surface area (Å²) < 4.78 is 0. The summed E-state index contributed by atoms with van der Waals surface area (Å²) in [6.07, 6.45) is 3.55. The van der Waals surface area contributed by atoms with Gasteiger partial charge in [0.05, 0.1) is 0 Å². The van der Waals surface area contributed by atoms with Crippen LogP contribution in [0.5, 0.6) is 5.75 Å². The van der Waals surface area contributed by atoms with Crippen LogP contribution in [0.15, 0.2) is 18.2 Å². The minimum absolute atomic E-state index is 0.482. The van der Waals surface area contributed by atoms with Gasteiger partial charge in [-0.25, -0.2) is 0 Å². The van der Waals surface area contributed by atoms with E-state index >= 15 is 0 Å². The highest BCUT2D eigenvalue weighted by Crippen LogP contribution is 2.36. The second-order valence-electron chi connectivity index (χ2n) is 4.25. The number of fused-ring (bicyclic) bond motifs is 1. The fourth-order valence-corrected chi connectivity index (χ4v) is 2.49. The van der Waals surface area contributed by atoms with Gasteiger partial charge in [0.25, 0.3) is 0 Å². The molecule has 2 rings (SSSR count). The summed E-state index contributed by atoms with van der Waals surface area (Å²) in [5, 5.41) is 13.3. The van der Waals surface area contributed by atoms with Gasteiger partial charge in [-0.2, -0.15) is 0 Å². The molecular formula is C13H19NO. The SMILES string of the molecule is CCNCC1CCCc2cccc(O)c21. The van der Waals surface area contributed by atoms with Crippen LogP contribution < -0.4 is 5.32 Å². The molecular weight excluding hydrogens is 186 g/mol. The molecule has 0 radical (unpaired) electrons. The molecule has 0 saturated carbocycles. The molecule has 0 saturated heterocycles. The summed E-state index contributed by atoms with van der Waals surface area (Å²) in [5.74, 6) is 0.977. The van der Waals surface area contributed by atoms with E-state index in [1.165, 1.54) is 24.0 Å². The van der Waals surface area contributed by atoms with E-state index in [0.29, 0.717) is 11.7 Å². The Morgan fingerprint density at radius 3 is 3.13 bits per heavy atom. The van der Waals surface area contributed by atoms with Crippen molar-refractivity contribution in [2.45, 2.75) is 32.1 Å². The number of hydrogen-bond donors (Lipinski definition) is 2. The van der Waals surface area contributed by atoms with Crippen molar-refractivity contribution in [1.82, 2.24) is 5.32 Å². The Morgan fingerprint density at radius 1 is 1.47 bits per heavy atom. The fraction of sp³-hybridized carbons (Fsp3) is 0.538. The van der Waals surface area contributed by atoms with Crippen LogP contribution in [-0.4, -0.2) is 18.2 Å². The first kappa shape index (κ1) is 10.5. The van der Waals surface area contributed by atoms with Crippen molar-refractivity contribution < 1.29 is 5.11 Å². The molecule has 82 valence electrons. The maximum Gasteiger partial charge on any atom is 0.119 e. The standard InChI is InChI=1S/C13H19NO/c1-2-14-9-11-7-3-5-10-6-4-8-12(15)13(10)11/h4,6,8,11,14-15H,2-3,5,7,9H2,1H3. The predicted octanol–water partition coefficient (Wildman–Crippen LogP) is 2.42. The molecule has 1 aliphatic carbocycles. The van der Waals surface area contributed by atoms with E-state index in [-0.39, 0.29) is 0 Å². The van der Waals surface area contributed by atoms with E-state index < -0.39 is 0 Å². The first-order chi connectivity index (χ1) is 7.33. The van der Waals surface area contributed by atoms with Gasteiger partial charge in [0.1, 0.15) is 5.75 Å². The Hall–Kier alpha value is -1.02. The second-order valence-corrected chi connectivity index (χ2v) is 4.25. The van der Waals surface area contributed by atoms with E-state index in [1.807, 2.05) is 12.1 Å². The van der Waals surface area contributed by atoms with E-state index in [9.17, 15) is 5.11 Å². The molecule has 0 aliphatic heterocycles. The highest BCUT2D eigenvalue weighted by atomic mass is 16.3. The molecule has 1 aromatic rings. The summed E-state index contributed by atoms with van der Waals surface area (Å²) in [5.41, 5.74) is 2.52. The third-order valence-corrected chi connectivity index (χ3v) is 3.22. The zero-order valence-corrected chi connectivity index (χ0v) is 9.29. The topological polar surface area (TPSA) is 32.3 Å². The fourth-order valence-electron chi connectivity index (χ4n) is 2.49. The van der Waals surface area contributed by atoms with Gasteiger partial charge in [-0.15, -0.1) is 0 Å². The van der Waals surface area contributed by atoms with Crippen molar-refractivity contribution in [3.8, 4) is 5.75 Å². The molecule has 15 heavy (non-hydrogen) atoms. The summed E-state index contributed by atoms with van der Waals surface area (Å²) in [6.45, 7) is 4.11. The van der Waals surface area contributed by atoms with E-state index in [1.54, 1.807) is 0 Å². The first-order valence-electron chi connectivity index (χ1n) is 5.84. The van der Waals surface area contributed by atoms with Crippen LogP contribution in [0, 0.1) is 0 Å². The highest BCUT2D eigenvalue weighted by Gasteiger charge is 2.22. The van der Waals surface area contributed by atoms with Crippen LogP contribution in [-0.2, 0) is 6.42 Å². The molecule has 0 amide bonds. The van der Waals surface area contributed by atoms with Crippen molar-refractivity contribution in [3.63, 3.8) is 0 Å². The van der Waals surface area contributed by atoms with Crippen LogP contribution in [0.25, 0.3) is 0 Å². The van der Waals surface area contributed by atoms with E-state index in [4.69, 9.17) is 0 Å². The van der Waals surface area contributed by atoms with Gasteiger partial charge in [0.2, 0.25) is 0 Å². The third kappa shape index (κ3) is 2.15. The predicted molar refractivity (Wildman–Crippen MR) is 62.3 cm³/mol. The number of hydrogen-bond acceptors (Lipinski definition) is 2. The lowest BCUT2D eigenvalue weighted by atomic mass is 9.82. The quantitative estimate of drug-likeness (QED) is 0.794. The van der Waals surface area contributed by atoms with Crippen LogP contribution in [0.2, 0.25) is 0 Å². The Balaban J connectivity index is 2.24.